The molecular formula is C15H14BrN3O2S. The van der Waals surface area contributed by atoms with Crippen LogP contribution in [-0.2, 0) is 6.54 Å². The summed E-state index contributed by atoms with van der Waals surface area (Å²) in [4.78, 5) is 26.6. The Balaban J connectivity index is 1.68. The molecule has 1 aliphatic rings. The monoisotopic (exact) mass is 379 g/mol. The van der Waals surface area contributed by atoms with Crippen molar-refractivity contribution in [3.8, 4) is 0 Å². The summed E-state index contributed by atoms with van der Waals surface area (Å²) in [6.07, 6.45) is 0. The van der Waals surface area contributed by atoms with Gasteiger partial charge < -0.3 is 10.6 Å². The molecular weight excluding hydrogens is 366 g/mol. The van der Waals surface area contributed by atoms with Gasteiger partial charge in [-0.2, -0.15) is 0 Å². The Kier molecular flexibility index (Phi) is 4.44. The fraction of sp³-hybridized carbons (Fsp3) is 0.200. The van der Waals surface area contributed by atoms with E-state index in [0.29, 0.717) is 25.2 Å². The molecule has 5 nitrogen and oxygen atoms in total. The molecule has 0 aliphatic carbocycles. The molecule has 22 heavy (non-hydrogen) atoms. The van der Waals surface area contributed by atoms with Gasteiger partial charge in [-0.1, -0.05) is 6.07 Å². The number of carbonyl (C=O) groups excluding carboxylic acids is 2. The molecule has 3 rings (SSSR count). The predicted molar refractivity (Wildman–Crippen MR) is 90.4 cm³/mol. The lowest BCUT2D eigenvalue weighted by Gasteiger charge is -2.15. The Morgan fingerprint density at radius 2 is 2.27 bits per heavy atom. The Morgan fingerprint density at radius 3 is 2.95 bits per heavy atom. The van der Waals surface area contributed by atoms with Crippen LogP contribution in [0, 0.1) is 0 Å². The molecule has 7 heteroatoms. The van der Waals surface area contributed by atoms with E-state index >= 15 is 0 Å². The summed E-state index contributed by atoms with van der Waals surface area (Å²) in [7, 11) is 0. The minimum absolute atomic E-state index is 0.124. The first kappa shape index (κ1) is 15.1. The van der Waals surface area contributed by atoms with Gasteiger partial charge in [0.15, 0.2) is 0 Å². The minimum Gasteiger partial charge on any atom is -0.347 e. The first-order valence-corrected chi connectivity index (χ1v) is 8.47. The fourth-order valence-corrected chi connectivity index (χ4v) is 3.64. The van der Waals surface area contributed by atoms with Gasteiger partial charge in [-0.25, -0.2) is 4.79 Å². The molecule has 0 atom stereocenters. The summed E-state index contributed by atoms with van der Waals surface area (Å²) in [5, 5.41) is 7.62. The van der Waals surface area contributed by atoms with Gasteiger partial charge in [-0.3, -0.25) is 9.69 Å². The van der Waals surface area contributed by atoms with Gasteiger partial charge in [0.2, 0.25) is 0 Å². The molecule has 0 unspecified atom stereocenters. The van der Waals surface area contributed by atoms with Crippen LogP contribution < -0.4 is 15.5 Å². The minimum atomic E-state index is -0.147. The molecule has 0 bridgehead atoms. The maximum Gasteiger partial charge on any atom is 0.321 e. The smallest absolute Gasteiger partial charge is 0.321 e. The Bertz CT molecular complexity index is 716. The quantitative estimate of drug-likeness (QED) is 0.857. The maximum atomic E-state index is 12.2. The second kappa shape index (κ2) is 6.50. The number of thiophene rings is 1. The van der Waals surface area contributed by atoms with E-state index in [-0.39, 0.29) is 11.9 Å². The number of urea groups is 1. The van der Waals surface area contributed by atoms with Crippen LogP contribution in [0.15, 0.2) is 40.2 Å². The van der Waals surface area contributed by atoms with Crippen molar-refractivity contribution in [1.29, 1.82) is 0 Å². The SMILES string of the molecule is O=C(NCc1cc(Br)cs1)c1cccc(N2CCNC2=O)c1. The number of nitrogens with zero attached hydrogens (tertiary/aromatic N) is 1. The highest BCUT2D eigenvalue weighted by atomic mass is 79.9. The lowest BCUT2D eigenvalue weighted by atomic mass is 10.1. The normalized spacial score (nSPS) is 14.0. The summed E-state index contributed by atoms with van der Waals surface area (Å²) in [5.74, 6) is -0.147. The molecule has 0 saturated carbocycles. The van der Waals surface area contributed by atoms with Crippen molar-refractivity contribution < 1.29 is 9.59 Å². The number of hydrogen-bond donors (Lipinski definition) is 2. The van der Waals surface area contributed by atoms with Gasteiger partial charge >= 0.3 is 6.03 Å². The van der Waals surface area contributed by atoms with E-state index in [2.05, 4.69) is 26.6 Å². The molecule has 2 heterocycles. The molecule has 3 amide bonds. The number of anilines is 1. The lowest BCUT2D eigenvalue weighted by molar-refractivity contribution is 0.0951. The highest BCUT2D eigenvalue weighted by Crippen LogP contribution is 2.20. The van der Waals surface area contributed by atoms with Crippen molar-refractivity contribution in [3.63, 3.8) is 0 Å². The molecule has 0 spiro atoms. The van der Waals surface area contributed by atoms with E-state index in [1.807, 2.05) is 17.5 Å². The molecule has 2 N–H and O–H groups in total. The van der Waals surface area contributed by atoms with Crippen LogP contribution in [-0.4, -0.2) is 25.0 Å². The van der Waals surface area contributed by atoms with E-state index in [4.69, 9.17) is 0 Å². The van der Waals surface area contributed by atoms with Gasteiger partial charge in [-0.15, -0.1) is 11.3 Å². The molecule has 1 aliphatic heterocycles. The van der Waals surface area contributed by atoms with Crippen molar-refractivity contribution in [1.82, 2.24) is 10.6 Å². The van der Waals surface area contributed by atoms with Gasteiger partial charge in [0.05, 0.1) is 6.54 Å². The fourth-order valence-electron chi connectivity index (χ4n) is 2.25. The molecule has 114 valence electrons. The lowest BCUT2D eigenvalue weighted by Crippen LogP contribution is -2.28. The number of halogens is 1. The van der Waals surface area contributed by atoms with E-state index in [1.54, 1.807) is 34.4 Å². The first-order valence-electron chi connectivity index (χ1n) is 6.80. The predicted octanol–water partition coefficient (Wildman–Crippen LogP) is 2.97. The Labute approximate surface area is 140 Å². The number of hydrogen-bond acceptors (Lipinski definition) is 3. The zero-order valence-corrected chi connectivity index (χ0v) is 14.0. The summed E-state index contributed by atoms with van der Waals surface area (Å²) < 4.78 is 1.02. The van der Waals surface area contributed by atoms with Crippen LogP contribution in [0.5, 0.6) is 0 Å². The molecule has 1 fully saturated rings. The Morgan fingerprint density at radius 1 is 1.41 bits per heavy atom. The number of carbonyl (C=O) groups is 2. The van der Waals surface area contributed by atoms with Crippen molar-refractivity contribution in [2.45, 2.75) is 6.54 Å². The number of amides is 3. The van der Waals surface area contributed by atoms with Crippen LogP contribution in [0.25, 0.3) is 0 Å². The van der Waals surface area contributed by atoms with E-state index in [9.17, 15) is 9.59 Å². The number of rotatable bonds is 4. The van der Waals surface area contributed by atoms with Crippen molar-refractivity contribution >= 4 is 44.9 Å². The number of nitrogens with one attached hydrogen (secondary N) is 2. The molecule has 0 radical (unpaired) electrons. The molecule has 1 saturated heterocycles. The third-order valence-corrected chi connectivity index (χ3v) is 5.02. The van der Waals surface area contributed by atoms with E-state index < -0.39 is 0 Å². The summed E-state index contributed by atoms with van der Waals surface area (Å²) in [5.41, 5.74) is 1.29. The van der Waals surface area contributed by atoms with E-state index in [0.717, 1.165) is 15.0 Å². The third-order valence-electron chi connectivity index (χ3n) is 3.32. The van der Waals surface area contributed by atoms with Crippen molar-refractivity contribution in [2.75, 3.05) is 18.0 Å². The van der Waals surface area contributed by atoms with Gasteiger partial charge in [-0.05, 0) is 40.2 Å². The van der Waals surface area contributed by atoms with Crippen LogP contribution in [0.1, 0.15) is 15.2 Å². The average molecular weight is 380 g/mol. The zero-order chi connectivity index (χ0) is 15.5. The van der Waals surface area contributed by atoms with Crippen LogP contribution in [0.4, 0.5) is 10.5 Å². The van der Waals surface area contributed by atoms with Gasteiger partial charge in [0.25, 0.3) is 5.91 Å². The van der Waals surface area contributed by atoms with Crippen LogP contribution >= 0.6 is 27.3 Å². The van der Waals surface area contributed by atoms with Crippen molar-refractivity contribution in [2.24, 2.45) is 0 Å². The highest BCUT2D eigenvalue weighted by molar-refractivity contribution is 9.10. The van der Waals surface area contributed by atoms with E-state index in [1.165, 1.54) is 0 Å². The molecule has 1 aromatic heterocycles. The first-order chi connectivity index (χ1) is 10.6. The number of benzene rings is 1. The average Bonchev–Trinajstić information content (AvgIpc) is 3.13. The highest BCUT2D eigenvalue weighted by Gasteiger charge is 2.21. The summed E-state index contributed by atoms with van der Waals surface area (Å²) in [6, 6.07) is 8.97. The van der Waals surface area contributed by atoms with Gasteiger partial charge in [0, 0.05) is 39.1 Å². The Hall–Kier alpha value is -1.86. The summed E-state index contributed by atoms with van der Waals surface area (Å²) in [6.45, 7) is 1.74. The van der Waals surface area contributed by atoms with Crippen LogP contribution in [0.2, 0.25) is 0 Å². The molecule has 1 aromatic carbocycles. The third kappa shape index (κ3) is 3.31. The molecule has 2 aromatic rings. The topological polar surface area (TPSA) is 61.4 Å². The second-order valence-electron chi connectivity index (χ2n) is 4.85. The largest absolute Gasteiger partial charge is 0.347 e. The second-order valence-corrected chi connectivity index (χ2v) is 6.76. The van der Waals surface area contributed by atoms with Crippen LogP contribution in [0.3, 0.4) is 0 Å². The standard InChI is InChI=1S/C15H14BrN3O2S/c16-11-7-13(22-9-11)8-18-14(20)10-2-1-3-12(6-10)19-5-4-17-15(19)21/h1-3,6-7,9H,4-5,8H2,(H,17,21)(H,18,20). The maximum absolute atomic E-state index is 12.2. The van der Waals surface area contributed by atoms with Crippen molar-refractivity contribution in [3.05, 3.63) is 50.6 Å². The van der Waals surface area contributed by atoms with Gasteiger partial charge in [0.1, 0.15) is 0 Å². The zero-order valence-electron chi connectivity index (χ0n) is 11.6. The summed E-state index contributed by atoms with van der Waals surface area (Å²) >= 11 is 4.98.